The summed E-state index contributed by atoms with van der Waals surface area (Å²) in [6.45, 7) is 3.96. The number of hydrogen-bond donors (Lipinski definition) is 2. The van der Waals surface area contributed by atoms with Crippen molar-refractivity contribution in [2.45, 2.75) is 13.5 Å². The van der Waals surface area contributed by atoms with Gasteiger partial charge in [-0.25, -0.2) is 8.42 Å². The third kappa shape index (κ3) is 8.63. The maximum Gasteiger partial charge on any atom is 0.191 e. The average molecular weight is 327 g/mol. The fraction of sp³-hybridized carbons (Fsp3) is 0.533. The summed E-state index contributed by atoms with van der Waals surface area (Å²) in [6, 6.07) is 8.29. The second kappa shape index (κ2) is 9.42. The molecule has 1 aromatic rings. The fourth-order valence-corrected chi connectivity index (χ4v) is 2.09. The summed E-state index contributed by atoms with van der Waals surface area (Å²) in [5.74, 6) is 0.736. The molecule has 2 N–H and O–H groups in total. The highest BCUT2D eigenvalue weighted by molar-refractivity contribution is 7.90. The molecule has 0 fully saturated rings. The van der Waals surface area contributed by atoms with Crippen molar-refractivity contribution in [3.8, 4) is 0 Å². The molecule has 7 heteroatoms. The van der Waals surface area contributed by atoms with Crippen LogP contribution in [0.25, 0.3) is 0 Å². The second-order valence-electron chi connectivity index (χ2n) is 5.08. The Morgan fingerprint density at radius 2 is 1.86 bits per heavy atom. The molecule has 1 rings (SSSR count). The number of nitrogens with one attached hydrogen (secondary N) is 2. The molecule has 0 saturated carbocycles. The molecule has 0 amide bonds. The topological polar surface area (TPSA) is 79.8 Å². The maximum atomic E-state index is 10.9. The molecular weight excluding hydrogens is 302 g/mol. The first-order valence-electron chi connectivity index (χ1n) is 7.16. The molecule has 0 heterocycles. The van der Waals surface area contributed by atoms with Gasteiger partial charge in [0, 0.05) is 26.4 Å². The van der Waals surface area contributed by atoms with Gasteiger partial charge in [0.1, 0.15) is 9.84 Å². The minimum absolute atomic E-state index is 0.0490. The van der Waals surface area contributed by atoms with Crippen LogP contribution in [0.4, 0.5) is 0 Å². The second-order valence-corrected chi connectivity index (χ2v) is 7.34. The highest BCUT2D eigenvalue weighted by Gasteiger charge is 2.01. The van der Waals surface area contributed by atoms with Gasteiger partial charge in [-0.15, -0.1) is 0 Å². The number of rotatable bonds is 8. The smallest absolute Gasteiger partial charge is 0.191 e. The van der Waals surface area contributed by atoms with Crippen molar-refractivity contribution in [1.82, 2.24) is 10.6 Å². The van der Waals surface area contributed by atoms with E-state index in [-0.39, 0.29) is 12.4 Å². The van der Waals surface area contributed by atoms with E-state index in [1.54, 1.807) is 7.05 Å². The zero-order valence-electron chi connectivity index (χ0n) is 13.4. The molecule has 6 nitrogen and oxygen atoms in total. The van der Waals surface area contributed by atoms with Crippen LogP contribution in [0.5, 0.6) is 0 Å². The van der Waals surface area contributed by atoms with Gasteiger partial charge in [-0.1, -0.05) is 29.8 Å². The number of aryl methyl sites for hydroxylation is 1. The van der Waals surface area contributed by atoms with Gasteiger partial charge in [-0.3, -0.25) is 4.99 Å². The van der Waals surface area contributed by atoms with Gasteiger partial charge in [0.2, 0.25) is 0 Å². The van der Waals surface area contributed by atoms with Crippen LogP contribution in [0, 0.1) is 6.92 Å². The van der Waals surface area contributed by atoms with Crippen LogP contribution in [0.3, 0.4) is 0 Å². The Balaban J connectivity index is 2.19. The molecule has 0 aromatic heterocycles. The number of guanidine groups is 1. The molecule has 0 atom stereocenters. The van der Waals surface area contributed by atoms with E-state index in [4.69, 9.17) is 4.74 Å². The summed E-state index contributed by atoms with van der Waals surface area (Å²) in [7, 11) is -1.25. The Morgan fingerprint density at radius 3 is 2.45 bits per heavy atom. The highest BCUT2D eigenvalue weighted by Crippen LogP contribution is 2.02. The molecule has 0 aliphatic rings. The summed E-state index contributed by atoms with van der Waals surface area (Å²) in [5, 5.41) is 6.32. The van der Waals surface area contributed by atoms with E-state index in [1.807, 2.05) is 0 Å². The van der Waals surface area contributed by atoms with Crippen LogP contribution in [0.1, 0.15) is 11.1 Å². The Kier molecular flexibility index (Phi) is 7.90. The lowest BCUT2D eigenvalue weighted by Gasteiger charge is -2.12. The van der Waals surface area contributed by atoms with Crippen LogP contribution in [-0.4, -0.2) is 53.2 Å². The van der Waals surface area contributed by atoms with E-state index in [2.05, 4.69) is 46.8 Å². The number of nitrogens with zero attached hydrogens (tertiary/aromatic N) is 1. The lowest BCUT2D eigenvalue weighted by Crippen LogP contribution is -2.38. The van der Waals surface area contributed by atoms with Crippen molar-refractivity contribution in [3.63, 3.8) is 0 Å². The van der Waals surface area contributed by atoms with E-state index in [0.717, 1.165) is 0 Å². The molecule has 0 radical (unpaired) electrons. The van der Waals surface area contributed by atoms with Crippen molar-refractivity contribution < 1.29 is 13.2 Å². The molecular formula is C15H25N3O3S. The van der Waals surface area contributed by atoms with Gasteiger partial charge in [0.05, 0.1) is 19.0 Å². The van der Waals surface area contributed by atoms with E-state index in [1.165, 1.54) is 17.4 Å². The molecule has 124 valence electrons. The largest absolute Gasteiger partial charge is 0.379 e. The Labute approximate surface area is 132 Å². The van der Waals surface area contributed by atoms with E-state index in [9.17, 15) is 8.42 Å². The number of sulfone groups is 1. The monoisotopic (exact) mass is 327 g/mol. The first-order valence-corrected chi connectivity index (χ1v) is 9.22. The minimum Gasteiger partial charge on any atom is -0.379 e. The van der Waals surface area contributed by atoms with Crippen LogP contribution in [-0.2, 0) is 21.1 Å². The normalized spacial score (nSPS) is 12.2. The Morgan fingerprint density at radius 1 is 1.18 bits per heavy atom. The number of hydrogen-bond acceptors (Lipinski definition) is 4. The van der Waals surface area contributed by atoms with Crippen LogP contribution in [0.2, 0.25) is 0 Å². The van der Waals surface area contributed by atoms with Crippen molar-refractivity contribution in [1.29, 1.82) is 0 Å². The van der Waals surface area contributed by atoms with Gasteiger partial charge < -0.3 is 15.4 Å². The van der Waals surface area contributed by atoms with Gasteiger partial charge >= 0.3 is 0 Å². The summed E-state index contributed by atoms with van der Waals surface area (Å²) in [5.41, 5.74) is 2.41. The summed E-state index contributed by atoms with van der Waals surface area (Å²) < 4.78 is 27.1. The van der Waals surface area contributed by atoms with E-state index < -0.39 is 9.84 Å². The lowest BCUT2D eigenvalue weighted by atomic mass is 10.1. The lowest BCUT2D eigenvalue weighted by molar-refractivity contribution is 0.154. The standard InChI is InChI=1S/C15H25N3O3S/c1-13-4-6-14(7-5-13)12-18-15(16-2)17-8-9-21-10-11-22(3,19)20/h4-7H,8-12H2,1-3H3,(H2,16,17,18). The zero-order chi connectivity index (χ0) is 16.4. The minimum atomic E-state index is -2.96. The average Bonchev–Trinajstić information content (AvgIpc) is 2.46. The van der Waals surface area contributed by atoms with Gasteiger partial charge in [0.25, 0.3) is 0 Å². The summed E-state index contributed by atoms with van der Waals surface area (Å²) >= 11 is 0. The zero-order valence-corrected chi connectivity index (χ0v) is 14.2. The third-order valence-corrected chi connectivity index (χ3v) is 3.85. The SMILES string of the molecule is CN=C(NCCOCCS(C)(=O)=O)NCc1ccc(C)cc1. The molecule has 0 bridgehead atoms. The molecule has 0 aliphatic carbocycles. The van der Waals surface area contributed by atoms with Gasteiger partial charge in [-0.05, 0) is 12.5 Å². The van der Waals surface area contributed by atoms with Gasteiger partial charge in [-0.2, -0.15) is 0 Å². The van der Waals surface area contributed by atoms with E-state index >= 15 is 0 Å². The van der Waals surface area contributed by atoms with Crippen LogP contribution < -0.4 is 10.6 Å². The molecule has 0 spiro atoms. The van der Waals surface area contributed by atoms with Crippen LogP contribution >= 0.6 is 0 Å². The van der Waals surface area contributed by atoms with Crippen molar-refractivity contribution in [2.24, 2.45) is 4.99 Å². The van der Waals surface area contributed by atoms with Crippen molar-refractivity contribution in [2.75, 3.05) is 38.8 Å². The summed E-state index contributed by atoms with van der Waals surface area (Å²) in [6.07, 6.45) is 1.20. The molecule has 0 saturated heterocycles. The third-order valence-electron chi connectivity index (χ3n) is 2.94. The number of aliphatic imine (C=N–C) groups is 1. The number of benzene rings is 1. The van der Waals surface area contributed by atoms with Crippen molar-refractivity contribution in [3.05, 3.63) is 35.4 Å². The predicted molar refractivity (Wildman–Crippen MR) is 89.9 cm³/mol. The fourth-order valence-electron chi connectivity index (χ4n) is 1.67. The number of ether oxygens (including phenoxy) is 1. The molecule has 22 heavy (non-hydrogen) atoms. The van der Waals surface area contributed by atoms with Crippen LogP contribution in [0.15, 0.2) is 29.3 Å². The predicted octanol–water partition coefficient (Wildman–Crippen LogP) is 0.721. The van der Waals surface area contributed by atoms with Gasteiger partial charge in [0.15, 0.2) is 5.96 Å². The quantitative estimate of drug-likeness (QED) is 0.418. The molecule has 1 aromatic carbocycles. The summed E-state index contributed by atoms with van der Waals surface area (Å²) in [4.78, 5) is 4.12. The first kappa shape index (κ1) is 18.4. The van der Waals surface area contributed by atoms with E-state index in [0.29, 0.717) is 25.7 Å². The Bertz CT molecular complexity index is 568. The highest BCUT2D eigenvalue weighted by atomic mass is 32.2. The molecule has 0 aliphatic heterocycles. The Hall–Kier alpha value is -1.60. The van der Waals surface area contributed by atoms with Crippen molar-refractivity contribution >= 4 is 15.8 Å². The maximum absolute atomic E-state index is 10.9. The molecule has 0 unspecified atom stereocenters. The first-order chi connectivity index (χ1) is 10.4.